The highest BCUT2D eigenvalue weighted by molar-refractivity contribution is 7.98. The van der Waals surface area contributed by atoms with Crippen LogP contribution < -0.4 is 5.56 Å². The summed E-state index contributed by atoms with van der Waals surface area (Å²) in [5, 5.41) is 12.3. The summed E-state index contributed by atoms with van der Waals surface area (Å²) in [5.41, 5.74) is 1.64. The Morgan fingerprint density at radius 3 is 2.77 bits per heavy atom. The number of unbranched alkanes of at least 4 members (excludes halogenated alkanes) is 3. The average molecular weight is 460 g/mol. The maximum absolute atomic E-state index is 12.2. The molecule has 4 aromatic rings. The van der Waals surface area contributed by atoms with Crippen LogP contribution in [0.4, 0.5) is 0 Å². The van der Waals surface area contributed by atoms with Crippen LogP contribution in [0.2, 0.25) is 5.02 Å². The average Bonchev–Trinajstić information content (AvgIpc) is 3.37. The van der Waals surface area contributed by atoms with Gasteiger partial charge in [0.1, 0.15) is 10.5 Å². The van der Waals surface area contributed by atoms with E-state index in [1.54, 1.807) is 0 Å². The zero-order chi connectivity index (χ0) is 20.9. The maximum atomic E-state index is 12.2. The third-order valence-corrected chi connectivity index (χ3v) is 6.89. The summed E-state index contributed by atoms with van der Waals surface area (Å²) in [7, 11) is 0. The predicted octanol–water partition coefficient (Wildman–Crippen LogP) is 5.77. The summed E-state index contributed by atoms with van der Waals surface area (Å²) in [6.45, 7) is 3.05. The number of nitrogens with one attached hydrogen (secondary N) is 1. The van der Waals surface area contributed by atoms with E-state index in [1.165, 1.54) is 42.4 Å². The minimum Gasteiger partial charge on any atom is -0.309 e. The van der Waals surface area contributed by atoms with E-state index < -0.39 is 0 Å². The molecule has 0 saturated heterocycles. The van der Waals surface area contributed by atoms with Crippen molar-refractivity contribution in [2.75, 3.05) is 0 Å². The van der Waals surface area contributed by atoms with E-state index in [4.69, 9.17) is 11.6 Å². The van der Waals surface area contributed by atoms with E-state index in [0.717, 1.165) is 35.0 Å². The molecule has 0 aliphatic heterocycles. The van der Waals surface area contributed by atoms with Gasteiger partial charge in [-0.25, -0.2) is 4.98 Å². The van der Waals surface area contributed by atoms with E-state index in [-0.39, 0.29) is 5.56 Å². The van der Waals surface area contributed by atoms with Crippen molar-refractivity contribution in [2.24, 2.45) is 0 Å². The molecular formula is C21H22ClN5OS2. The molecule has 4 rings (SSSR count). The number of aromatic amines is 1. The lowest BCUT2D eigenvalue weighted by Crippen LogP contribution is -2.10. The van der Waals surface area contributed by atoms with Crippen molar-refractivity contribution in [3.8, 4) is 11.4 Å². The van der Waals surface area contributed by atoms with Crippen LogP contribution in [0.5, 0.6) is 0 Å². The predicted molar refractivity (Wildman–Crippen MR) is 124 cm³/mol. The molecule has 0 atom stereocenters. The second-order valence-electron chi connectivity index (χ2n) is 6.96. The molecule has 0 radical (unpaired) electrons. The summed E-state index contributed by atoms with van der Waals surface area (Å²) in [4.78, 5) is 19.7. The summed E-state index contributed by atoms with van der Waals surface area (Å²) >= 11 is 8.99. The number of aromatic nitrogens is 5. The van der Waals surface area contributed by atoms with Crippen LogP contribution in [0.15, 0.2) is 45.7 Å². The maximum Gasteiger partial charge on any atom is 0.268 e. The first-order valence-electron chi connectivity index (χ1n) is 9.94. The quantitative estimate of drug-likeness (QED) is 0.254. The summed E-state index contributed by atoms with van der Waals surface area (Å²) in [6, 6.07) is 9.53. The Morgan fingerprint density at radius 2 is 1.97 bits per heavy atom. The van der Waals surface area contributed by atoms with Gasteiger partial charge >= 0.3 is 0 Å². The molecule has 9 heteroatoms. The molecule has 1 N–H and O–H groups in total. The molecule has 0 amide bonds. The van der Waals surface area contributed by atoms with Crippen LogP contribution >= 0.6 is 34.7 Å². The Balaban J connectivity index is 1.57. The number of hydrogen-bond donors (Lipinski definition) is 1. The second kappa shape index (κ2) is 9.76. The standard InChI is InChI=1S/C21H22ClN5OS2/c1-2-3-4-5-11-27-19(14-6-8-15(22)9-7-14)25-26-21(27)30-13-17-23-16-10-12-29-18(16)20(28)24-17/h6-10,12H,2-5,11,13H2,1H3,(H,23,24,28). The molecule has 6 nitrogen and oxygen atoms in total. The van der Waals surface area contributed by atoms with Crippen LogP contribution in [0.3, 0.4) is 0 Å². The monoisotopic (exact) mass is 459 g/mol. The molecule has 0 unspecified atom stereocenters. The van der Waals surface area contributed by atoms with Gasteiger partial charge in [-0.2, -0.15) is 0 Å². The topological polar surface area (TPSA) is 76.5 Å². The molecule has 0 bridgehead atoms. The largest absolute Gasteiger partial charge is 0.309 e. The van der Waals surface area contributed by atoms with Crippen molar-refractivity contribution < 1.29 is 0 Å². The first kappa shape index (κ1) is 21.1. The van der Waals surface area contributed by atoms with Gasteiger partial charge < -0.3 is 9.55 Å². The van der Waals surface area contributed by atoms with Gasteiger partial charge in [-0.05, 0) is 42.1 Å². The molecule has 0 aliphatic carbocycles. The third kappa shape index (κ3) is 4.77. The Labute approximate surface area is 187 Å². The van der Waals surface area contributed by atoms with E-state index in [1.807, 2.05) is 35.7 Å². The van der Waals surface area contributed by atoms with Gasteiger partial charge in [0.2, 0.25) is 0 Å². The van der Waals surface area contributed by atoms with Crippen LogP contribution in [-0.4, -0.2) is 24.7 Å². The number of rotatable bonds is 9. The minimum absolute atomic E-state index is 0.0894. The first-order chi connectivity index (χ1) is 14.7. The SMILES string of the molecule is CCCCCCn1c(SCc2nc3ccsc3c(=O)[nH]2)nnc1-c1ccc(Cl)cc1. The number of hydrogen-bond acceptors (Lipinski definition) is 6. The van der Waals surface area contributed by atoms with Crippen molar-refractivity contribution in [3.05, 3.63) is 56.9 Å². The summed E-state index contributed by atoms with van der Waals surface area (Å²) < 4.78 is 2.82. The van der Waals surface area contributed by atoms with Crippen molar-refractivity contribution in [2.45, 2.75) is 50.1 Å². The van der Waals surface area contributed by atoms with Gasteiger partial charge in [0, 0.05) is 17.1 Å². The summed E-state index contributed by atoms with van der Waals surface area (Å²) in [5.74, 6) is 2.00. The fraction of sp³-hybridized carbons (Fsp3) is 0.333. The van der Waals surface area contributed by atoms with E-state index in [2.05, 4.69) is 31.7 Å². The number of H-pyrrole nitrogens is 1. The summed E-state index contributed by atoms with van der Waals surface area (Å²) in [6.07, 6.45) is 4.64. The fourth-order valence-corrected chi connectivity index (χ4v) is 4.92. The van der Waals surface area contributed by atoms with Gasteiger partial charge in [-0.1, -0.05) is 49.5 Å². The van der Waals surface area contributed by atoms with Gasteiger partial charge in [-0.15, -0.1) is 21.5 Å². The Kier molecular flexibility index (Phi) is 6.86. The molecule has 30 heavy (non-hydrogen) atoms. The van der Waals surface area contributed by atoms with E-state index in [0.29, 0.717) is 21.3 Å². The number of thioether (sulfide) groups is 1. The van der Waals surface area contributed by atoms with E-state index in [9.17, 15) is 4.79 Å². The minimum atomic E-state index is -0.0894. The molecular weight excluding hydrogens is 438 g/mol. The fourth-order valence-electron chi connectivity index (χ4n) is 3.23. The molecule has 0 aliphatic rings. The molecule has 3 heterocycles. The lowest BCUT2D eigenvalue weighted by Gasteiger charge is -2.10. The van der Waals surface area contributed by atoms with Crippen molar-refractivity contribution in [1.29, 1.82) is 0 Å². The molecule has 0 spiro atoms. The molecule has 156 valence electrons. The Hall–Kier alpha value is -2.16. The Bertz CT molecular complexity index is 1180. The smallest absolute Gasteiger partial charge is 0.268 e. The van der Waals surface area contributed by atoms with Crippen LogP contribution in [-0.2, 0) is 12.3 Å². The van der Waals surface area contributed by atoms with Crippen LogP contribution in [0.1, 0.15) is 38.4 Å². The van der Waals surface area contributed by atoms with Gasteiger partial charge in [0.05, 0.1) is 11.3 Å². The van der Waals surface area contributed by atoms with Crippen LogP contribution in [0.25, 0.3) is 21.6 Å². The zero-order valence-electron chi connectivity index (χ0n) is 16.6. The van der Waals surface area contributed by atoms with Crippen molar-refractivity contribution in [1.82, 2.24) is 24.7 Å². The normalized spacial score (nSPS) is 11.4. The second-order valence-corrected chi connectivity index (χ2v) is 9.26. The van der Waals surface area contributed by atoms with Crippen molar-refractivity contribution >= 4 is 44.9 Å². The van der Waals surface area contributed by atoms with Gasteiger partial charge in [-0.3, -0.25) is 4.79 Å². The molecule has 0 saturated carbocycles. The third-order valence-electron chi connectivity index (χ3n) is 4.76. The number of thiophene rings is 1. The highest BCUT2D eigenvalue weighted by Gasteiger charge is 2.15. The Morgan fingerprint density at radius 1 is 1.13 bits per heavy atom. The molecule has 1 aromatic carbocycles. The highest BCUT2D eigenvalue weighted by Crippen LogP contribution is 2.27. The van der Waals surface area contributed by atoms with Gasteiger partial charge in [0.25, 0.3) is 5.56 Å². The first-order valence-corrected chi connectivity index (χ1v) is 12.2. The number of benzene rings is 1. The molecule has 0 fully saturated rings. The zero-order valence-corrected chi connectivity index (χ0v) is 19.0. The number of fused-ring (bicyclic) bond motifs is 1. The lowest BCUT2D eigenvalue weighted by atomic mass is 10.2. The molecule has 3 aromatic heterocycles. The number of halogens is 1. The number of nitrogens with zero attached hydrogens (tertiary/aromatic N) is 4. The van der Waals surface area contributed by atoms with E-state index >= 15 is 0 Å². The highest BCUT2D eigenvalue weighted by atomic mass is 35.5. The van der Waals surface area contributed by atoms with Gasteiger partial charge in [0.15, 0.2) is 11.0 Å². The van der Waals surface area contributed by atoms with Crippen molar-refractivity contribution in [3.63, 3.8) is 0 Å². The van der Waals surface area contributed by atoms with Crippen LogP contribution in [0, 0.1) is 0 Å². The lowest BCUT2D eigenvalue weighted by molar-refractivity contribution is 0.556.